The SMILES string of the molecule is CCCNc1cc(CCC)nc(Cc2ccccc2)n1. The van der Waals surface area contributed by atoms with E-state index < -0.39 is 0 Å². The number of hydrogen-bond donors (Lipinski definition) is 1. The van der Waals surface area contributed by atoms with E-state index in [4.69, 9.17) is 0 Å². The highest BCUT2D eigenvalue weighted by atomic mass is 15.0. The lowest BCUT2D eigenvalue weighted by Crippen LogP contribution is -2.07. The standard InChI is InChI=1S/C17H23N3/c1-3-8-15-13-16(18-11-4-2)20-17(19-15)12-14-9-6-5-7-10-14/h5-7,9-10,13H,3-4,8,11-12H2,1-2H3,(H,18,19,20). The smallest absolute Gasteiger partial charge is 0.135 e. The summed E-state index contributed by atoms with van der Waals surface area (Å²) in [6.07, 6.45) is 4.00. The Morgan fingerprint density at radius 3 is 2.50 bits per heavy atom. The van der Waals surface area contributed by atoms with Crippen LogP contribution in [0.25, 0.3) is 0 Å². The fraction of sp³-hybridized carbons (Fsp3) is 0.412. The van der Waals surface area contributed by atoms with Gasteiger partial charge in [-0.1, -0.05) is 50.6 Å². The van der Waals surface area contributed by atoms with Gasteiger partial charge in [-0.3, -0.25) is 0 Å². The molecule has 3 heteroatoms. The van der Waals surface area contributed by atoms with Crippen LogP contribution in [0, 0.1) is 0 Å². The van der Waals surface area contributed by atoms with Crippen molar-refractivity contribution in [2.24, 2.45) is 0 Å². The first-order valence-corrected chi connectivity index (χ1v) is 7.46. The third-order valence-electron chi connectivity index (χ3n) is 3.09. The number of aromatic nitrogens is 2. The molecule has 2 rings (SSSR count). The summed E-state index contributed by atoms with van der Waals surface area (Å²) in [5, 5.41) is 3.37. The van der Waals surface area contributed by atoms with E-state index in [-0.39, 0.29) is 0 Å². The lowest BCUT2D eigenvalue weighted by Gasteiger charge is -2.09. The molecule has 0 aliphatic rings. The van der Waals surface area contributed by atoms with Crippen LogP contribution in [0.5, 0.6) is 0 Å². The zero-order valence-electron chi connectivity index (χ0n) is 12.4. The second kappa shape index (κ2) is 7.63. The highest BCUT2D eigenvalue weighted by Gasteiger charge is 2.05. The quantitative estimate of drug-likeness (QED) is 0.830. The lowest BCUT2D eigenvalue weighted by molar-refractivity contribution is 0.838. The molecule has 0 saturated carbocycles. The van der Waals surface area contributed by atoms with Crippen LogP contribution < -0.4 is 5.32 Å². The molecule has 0 saturated heterocycles. The number of anilines is 1. The normalized spacial score (nSPS) is 10.5. The van der Waals surface area contributed by atoms with E-state index in [1.54, 1.807) is 0 Å². The number of rotatable bonds is 7. The maximum absolute atomic E-state index is 4.68. The molecule has 0 bridgehead atoms. The first-order chi connectivity index (χ1) is 9.81. The highest BCUT2D eigenvalue weighted by Crippen LogP contribution is 2.12. The molecule has 0 fully saturated rings. The zero-order valence-corrected chi connectivity index (χ0v) is 12.4. The van der Waals surface area contributed by atoms with Crippen molar-refractivity contribution in [3.05, 3.63) is 53.5 Å². The molecule has 3 nitrogen and oxygen atoms in total. The summed E-state index contributed by atoms with van der Waals surface area (Å²) in [5.41, 5.74) is 2.38. The van der Waals surface area contributed by atoms with Crippen LogP contribution in [0.4, 0.5) is 5.82 Å². The van der Waals surface area contributed by atoms with E-state index in [0.717, 1.165) is 49.6 Å². The second-order valence-corrected chi connectivity index (χ2v) is 5.00. The molecule has 1 N–H and O–H groups in total. The molecule has 20 heavy (non-hydrogen) atoms. The van der Waals surface area contributed by atoms with Gasteiger partial charge in [0.25, 0.3) is 0 Å². The van der Waals surface area contributed by atoms with Gasteiger partial charge in [0, 0.05) is 24.7 Å². The van der Waals surface area contributed by atoms with Gasteiger partial charge in [0.1, 0.15) is 11.6 Å². The van der Waals surface area contributed by atoms with Gasteiger partial charge in [-0.05, 0) is 18.4 Å². The molecular weight excluding hydrogens is 246 g/mol. The number of hydrogen-bond acceptors (Lipinski definition) is 3. The fourth-order valence-corrected chi connectivity index (χ4v) is 2.14. The summed E-state index contributed by atoms with van der Waals surface area (Å²) >= 11 is 0. The van der Waals surface area contributed by atoms with Gasteiger partial charge in [0.15, 0.2) is 0 Å². The maximum Gasteiger partial charge on any atom is 0.135 e. The first-order valence-electron chi connectivity index (χ1n) is 7.46. The van der Waals surface area contributed by atoms with Gasteiger partial charge in [-0.2, -0.15) is 0 Å². The van der Waals surface area contributed by atoms with Crippen molar-refractivity contribution in [2.45, 2.75) is 39.5 Å². The Bertz CT molecular complexity index is 523. The monoisotopic (exact) mass is 269 g/mol. The molecule has 0 amide bonds. The largest absolute Gasteiger partial charge is 0.370 e. The van der Waals surface area contributed by atoms with Crippen LogP contribution in [-0.4, -0.2) is 16.5 Å². The summed E-state index contributed by atoms with van der Waals surface area (Å²) < 4.78 is 0. The molecule has 1 aromatic carbocycles. The number of aryl methyl sites for hydroxylation is 1. The van der Waals surface area contributed by atoms with Gasteiger partial charge >= 0.3 is 0 Å². The minimum absolute atomic E-state index is 0.791. The number of nitrogens with zero attached hydrogens (tertiary/aromatic N) is 2. The van der Waals surface area contributed by atoms with E-state index in [9.17, 15) is 0 Å². The van der Waals surface area contributed by atoms with Gasteiger partial charge in [-0.25, -0.2) is 9.97 Å². The predicted octanol–water partition coefficient (Wildman–Crippen LogP) is 3.84. The van der Waals surface area contributed by atoms with Gasteiger partial charge in [0.05, 0.1) is 0 Å². The van der Waals surface area contributed by atoms with Crippen LogP contribution >= 0.6 is 0 Å². The molecule has 0 aliphatic carbocycles. The summed E-state index contributed by atoms with van der Waals surface area (Å²) in [4.78, 5) is 9.30. The molecule has 0 aliphatic heterocycles. The molecule has 2 aromatic rings. The van der Waals surface area contributed by atoms with E-state index in [1.807, 2.05) is 6.07 Å². The maximum atomic E-state index is 4.68. The molecule has 106 valence electrons. The molecule has 1 heterocycles. The Labute approximate surface area is 121 Å². The van der Waals surface area contributed by atoms with Crippen LogP contribution in [0.15, 0.2) is 36.4 Å². The first kappa shape index (κ1) is 14.5. The minimum Gasteiger partial charge on any atom is -0.370 e. The van der Waals surface area contributed by atoms with Crippen LogP contribution in [0.1, 0.15) is 43.8 Å². The Kier molecular flexibility index (Phi) is 5.54. The highest BCUT2D eigenvalue weighted by molar-refractivity contribution is 5.37. The third-order valence-corrected chi connectivity index (χ3v) is 3.09. The predicted molar refractivity (Wildman–Crippen MR) is 84.1 cm³/mol. The topological polar surface area (TPSA) is 37.8 Å². The van der Waals surface area contributed by atoms with Crippen LogP contribution in [-0.2, 0) is 12.8 Å². The van der Waals surface area contributed by atoms with Crippen molar-refractivity contribution in [1.82, 2.24) is 9.97 Å². The van der Waals surface area contributed by atoms with E-state index in [2.05, 4.69) is 59.5 Å². The number of benzene rings is 1. The zero-order chi connectivity index (χ0) is 14.2. The van der Waals surface area contributed by atoms with Crippen molar-refractivity contribution < 1.29 is 0 Å². The molecule has 1 aromatic heterocycles. The third kappa shape index (κ3) is 4.34. The van der Waals surface area contributed by atoms with Crippen molar-refractivity contribution in [1.29, 1.82) is 0 Å². The van der Waals surface area contributed by atoms with Crippen molar-refractivity contribution >= 4 is 5.82 Å². The van der Waals surface area contributed by atoms with Gasteiger partial charge in [0.2, 0.25) is 0 Å². The lowest BCUT2D eigenvalue weighted by atomic mass is 10.1. The average Bonchev–Trinajstić information content (AvgIpc) is 2.46. The number of nitrogens with one attached hydrogen (secondary N) is 1. The van der Waals surface area contributed by atoms with Gasteiger partial charge in [-0.15, -0.1) is 0 Å². The Balaban J connectivity index is 2.19. The van der Waals surface area contributed by atoms with E-state index >= 15 is 0 Å². The Morgan fingerprint density at radius 2 is 1.80 bits per heavy atom. The Hall–Kier alpha value is -1.90. The minimum atomic E-state index is 0.791. The summed E-state index contributed by atoms with van der Waals surface area (Å²) in [6, 6.07) is 12.5. The van der Waals surface area contributed by atoms with E-state index in [0.29, 0.717) is 0 Å². The van der Waals surface area contributed by atoms with E-state index in [1.165, 1.54) is 5.56 Å². The van der Waals surface area contributed by atoms with Crippen LogP contribution in [0.3, 0.4) is 0 Å². The second-order valence-electron chi connectivity index (χ2n) is 5.00. The summed E-state index contributed by atoms with van der Waals surface area (Å²) in [7, 11) is 0. The molecule has 0 atom stereocenters. The molecule has 0 unspecified atom stereocenters. The summed E-state index contributed by atoms with van der Waals surface area (Å²) in [6.45, 7) is 5.29. The van der Waals surface area contributed by atoms with Gasteiger partial charge < -0.3 is 5.32 Å². The Morgan fingerprint density at radius 1 is 1.00 bits per heavy atom. The van der Waals surface area contributed by atoms with Crippen LogP contribution in [0.2, 0.25) is 0 Å². The van der Waals surface area contributed by atoms with Crippen molar-refractivity contribution in [2.75, 3.05) is 11.9 Å². The fourth-order valence-electron chi connectivity index (χ4n) is 2.14. The molecule has 0 radical (unpaired) electrons. The summed E-state index contributed by atoms with van der Waals surface area (Å²) in [5.74, 6) is 1.86. The molecule has 0 spiro atoms. The van der Waals surface area contributed by atoms with Crippen molar-refractivity contribution in [3.63, 3.8) is 0 Å². The van der Waals surface area contributed by atoms with Crippen molar-refractivity contribution in [3.8, 4) is 0 Å². The average molecular weight is 269 g/mol. The molecular formula is C17H23N3.